The van der Waals surface area contributed by atoms with Gasteiger partial charge in [-0.15, -0.1) is 0 Å². The van der Waals surface area contributed by atoms with Gasteiger partial charge in [0.25, 0.3) is 0 Å². The summed E-state index contributed by atoms with van der Waals surface area (Å²) < 4.78 is 27.2. The average molecular weight is 317 g/mol. The topological polar surface area (TPSA) is 95.5 Å². The highest BCUT2D eigenvalue weighted by Crippen LogP contribution is 2.38. The number of hydrogen-bond donors (Lipinski definition) is 3. The molecule has 1 amide bonds. The first-order valence-electron chi connectivity index (χ1n) is 6.12. The number of fused-ring (bicyclic) bond motifs is 1. The van der Waals surface area contributed by atoms with Gasteiger partial charge in [0.05, 0.1) is 23.6 Å². The first-order chi connectivity index (χ1) is 9.35. The van der Waals surface area contributed by atoms with E-state index < -0.39 is 15.6 Å². The van der Waals surface area contributed by atoms with E-state index in [-0.39, 0.29) is 28.9 Å². The van der Waals surface area contributed by atoms with Gasteiger partial charge in [-0.25, -0.2) is 13.1 Å². The largest absolute Gasteiger partial charge is 0.394 e. The monoisotopic (exact) mass is 316 g/mol. The van der Waals surface area contributed by atoms with Crippen molar-refractivity contribution in [3.05, 3.63) is 22.7 Å². The standard InChI is InChI=1S/C12H13ClN2O4S/c13-8-5-9-7(4-11(17)14-9)3-10(8)20(18,19)15-12(6-16)1-2-12/h3,5,15-16H,1-2,4,6H2,(H,14,17). The Morgan fingerprint density at radius 3 is 2.70 bits per heavy atom. The summed E-state index contributed by atoms with van der Waals surface area (Å²) in [5.74, 6) is -0.187. The van der Waals surface area contributed by atoms with Crippen LogP contribution in [0.5, 0.6) is 0 Å². The summed E-state index contributed by atoms with van der Waals surface area (Å²) in [7, 11) is -3.82. The smallest absolute Gasteiger partial charge is 0.242 e. The lowest BCUT2D eigenvalue weighted by Gasteiger charge is -2.16. The lowest BCUT2D eigenvalue weighted by Crippen LogP contribution is -2.39. The highest BCUT2D eigenvalue weighted by molar-refractivity contribution is 7.89. The summed E-state index contributed by atoms with van der Waals surface area (Å²) in [5.41, 5.74) is 0.394. The molecule has 0 aromatic heterocycles. The summed E-state index contributed by atoms with van der Waals surface area (Å²) in [4.78, 5) is 11.2. The summed E-state index contributed by atoms with van der Waals surface area (Å²) in [6.07, 6.45) is 1.34. The predicted octanol–water partition coefficient (Wildman–Crippen LogP) is 0.638. The molecule has 0 bridgehead atoms. The quantitative estimate of drug-likeness (QED) is 0.759. The molecular formula is C12H13ClN2O4S. The second-order valence-electron chi connectivity index (χ2n) is 5.21. The zero-order chi connectivity index (χ0) is 14.5. The average Bonchev–Trinajstić information content (AvgIpc) is 3.02. The molecule has 1 heterocycles. The van der Waals surface area contributed by atoms with Crippen LogP contribution < -0.4 is 10.0 Å². The van der Waals surface area contributed by atoms with E-state index in [0.717, 1.165) is 0 Å². The molecule has 108 valence electrons. The molecule has 0 saturated heterocycles. The number of nitrogens with one attached hydrogen (secondary N) is 2. The molecule has 6 nitrogen and oxygen atoms in total. The minimum atomic E-state index is -3.82. The predicted molar refractivity (Wildman–Crippen MR) is 73.2 cm³/mol. The molecule has 0 unspecified atom stereocenters. The Balaban J connectivity index is 1.98. The lowest BCUT2D eigenvalue weighted by atomic mass is 10.2. The van der Waals surface area contributed by atoms with Gasteiger partial charge in [0.15, 0.2) is 0 Å². The maximum absolute atomic E-state index is 12.3. The fourth-order valence-electron chi connectivity index (χ4n) is 2.21. The molecule has 20 heavy (non-hydrogen) atoms. The van der Waals surface area contributed by atoms with Gasteiger partial charge in [0, 0.05) is 5.69 Å². The van der Waals surface area contributed by atoms with Crippen LogP contribution in [-0.4, -0.2) is 31.6 Å². The Bertz CT molecular complexity index is 698. The van der Waals surface area contributed by atoms with Crippen LogP contribution in [0.1, 0.15) is 18.4 Å². The molecule has 3 N–H and O–H groups in total. The lowest BCUT2D eigenvalue weighted by molar-refractivity contribution is -0.115. The van der Waals surface area contributed by atoms with E-state index in [1.165, 1.54) is 12.1 Å². The number of anilines is 1. The van der Waals surface area contributed by atoms with Crippen molar-refractivity contribution in [3.63, 3.8) is 0 Å². The third-order valence-electron chi connectivity index (χ3n) is 3.58. The van der Waals surface area contributed by atoms with Gasteiger partial charge in [-0.05, 0) is 30.5 Å². The van der Waals surface area contributed by atoms with E-state index in [4.69, 9.17) is 11.6 Å². The van der Waals surface area contributed by atoms with Crippen molar-refractivity contribution >= 4 is 33.2 Å². The molecule has 3 rings (SSSR count). The SMILES string of the molecule is O=C1Cc2cc(S(=O)(=O)NC3(CO)CC3)c(Cl)cc2N1. The molecule has 8 heteroatoms. The molecule has 0 atom stereocenters. The van der Waals surface area contributed by atoms with Crippen molar-refractivity contribution < 1.29 is 18.3 Å². The molecule has 1 aliphatic heterocycles. The Labute approximate surface area is 121 Å². The van der Waals surface area contributed by atoms with E-state index >= 15 is 0 Å². The third kappa shape index (κ3) is 2.31. The molecule has 1 aliphatic carbocycles. The van der Waals surface area contributed by atoms with E-state index in [2.05, 4.69) is 10.0 Å². The van der Waals surface area contributed by atoms with E-state index in [9.17, 15) is 18.3 Å². The minimum Gasteiger partial charge on any atom is -0.394 e. The first kappa shape index (κ1) is 13.8. The van der Waals surface area contributed by atoms with Crippen molar-refractivity contribution in [1.29, 1.82) is 0 Å². The van der Waals surface area contributed by atoms with Crippen LogP contribution in [0.4, 0.5) is 5.69 Å². The molecule has 2 aliphatic rings. The van der Waals surface area contributed by atoms with Gasteiger partial charge in [0.2, 0.25) is 15.9 Å². The Morgan fingerprint density at radius 2 is 2.10 bits per heavy atom. The number of rotatable bonds is 4. The van der Waals surface area contributed by atoms with Gasteiger partial charge in [-0.3, -0.25) is 4.79 Å². The first-order valence-corrected chi connectivity index (χ1v) is 7.98. The number of hydrogen-bond acceptors (Lipinski definition) is 4. The van der Waals surface area contributed by atoms with Crippen LogP contribution in [0.2, 0.25) is 5.02 Å². The van der Waals surface area contributed by atoms with Crippen LogP contribution in [0.25, 0.3) is 0 Å². The minimum absolute atomic E-state index is 0.0483. The zero-order valence-corrected chi connectivity index (χ0v) is 12.0. The molecule has 0 radical (unpaired) electrons. The Morgan fingerprint density at radius 1 is 1.40 bits per heavy atom. The highest BCUT2D eigenvalue weighted by Gasteiger charge is 2.46. The maximum Gasteiger partial charge on any atom is 0.242 e. The fraction of sp³-hybridized carbons (Fsp3) is 0.417. The van der Waals surface area contributed by atoms with Gasteiger partial charge in [-0.1, -0.05) is 11.6 Å². The second-order valence-corrected chi connectivity index (χ2v) is 7.27. The number of amides is 1. The third-order valence-corrected chi connectivity index (χ3v) is 5.62. The number of aliphatic hydroxyl groups is 1. The maximum atomic E-state index is 12.3. The number of carbonyl (C=O) groups is 1. The van der Waals surface area contributed by atoms with Crippen LogP contribution in [0.15, 0.2) is 17.0 Å². The van der Waals surface area contributed by atoms with E-state index in [1.54, 1.807) is 0 Å². The number of halogens is 1. The summed E-state index contributed by atoms with van der Waals surface area (Å²) in [6.45, 7) is -0.241. The van der Waals surface area contributed by atoms with Crippen LogP contribution in [0.3, 0.4) is 0 Å². The number of sulfonamides is 1. The summed E-state index contributed by atoms with van der Waals surface area (Å²) in [5, 5.41) is 11.9. The van der Waals surface area contributed by atoms with Crippen LogP contribution in [0, 0.1) is 0 Å². The van der Waals surface area contributed by atoms with Crippen molar-refractivity contribution in [3.8, 4) is 0 Å². The Kier molecular flexibility index (Phi) is 3.06. The molecule has 1 fully saturated rings. The van der Waals surface area contributed by atoms with Gasteiger partial charge < -0.3 is 10.4 Å². The molecule has 1 aromatic rings. The van der Waals surface area contributed by atoms with Crippen LogP contribution >= 0.6 is 11.6 Å². The van der Waals surface area contributed by atoms with Gasteiger partial charge in [0.1, 0.15) is 4.90 Å². The van der Waals surface area contributed by atoms with Crippen molar-refractivity contribution in [2.45, 2.75) is 29.7 Å². The van der Waals surface area contributed by atoms with Crippen molar-refractivity contribution in [2.75, 3.05) is 11.9 Å². The van der Waals surface area contributed by atoms with Gasteiger partial charge >= 0.3 is 0 Å². The second kappa shape index (κ2) is 4.42. The number of benzene rings is 1. The molecular weight excluding hydrogens is 304 g/mol. The van der Waals surface area contributed by atoms with Gasteiger partial charge in [-0.2, -0.15) is 0 Å². The van der Waals surface area contributed by atoms with E-state index in [1.807, 2.05) is 0 Å². The molecule has 1 aromatic carbocycles. The molecule has 0 spiro atoms. The zero-order valence-electron chi connectivity index (χ0n) is 10.4. The number of aliphatic hydroxyl groups excluding tert-OH is 1. The van der Waals surface area contributed by atoms with Crippen molar-refractivity contribution in [2.24, 2.45) is 0 Å². The van der Waals surface area contributed by atoms with Crippen LogP contribution in [-0.2, 0) is 21.2 Å². The molecule has 1 saturated carbocycles. The van der Waals surface area contributed by atoms with Crippen molar-refractivity contribution in [1.82, 2.24) is 4.72 Å². The summed E-state index contributed by atoms with van der Waals surface area (Å²) >= 11 is 6.00. The highest BCUT2D eigenvalue weighted by atomic mass is 35.5. The summed E-state index contributed by atoms with van der Waals surface area (Å²) in [6, 6.07) is 2.85. The normalized spacial score (nSPS) is 19.6. The fourth-order valence-corrected chi connectivity index (χ4v) is 4.24. The Hall–Kier alpha value is -1.15. The van der Waals surface area contributed by atoms with E-state index in [0.29, 0.717) is 24.1 Å². The number of carbonyl (C=O) groups excluding carboxylic acids is 1.